The zero-order valence-electron chi connectivity index (χ0n) is 18.9. The number of hydrogen-bond donors (Lipinski definition) is 2. The van der Waals surface area contributed by atoms with E-state index < -0.39 is 0 Å². The Balaban J connectivity index is 1.48. The molecule has 1 fully saturated rings. The SMILES string of the molecule is CCN1CCc2ccc(Nc3ncc(Cl)c([As][C@H]4CCCC[C@H]4C(=O)NC)n3)cc2CC1. The van der Waals surface area contributed by atoms with Crippen LogP contribution >= 0.6 is 11.6 Å². The van der Waals surface area contributed by atoms with Crippen molar-refractivity contribution in [1.82, 2.24) is 20.2 Å². The minimum absolute atomic E-state index is 0.0726. The van der Waals surface area contributed by atoms with Gasteiger partial charge in [-0.15, -0.1) is 0 Å². The second-order valence-electron chi connectivity index (χ2n) is 8.61. The van der Waals surface area contributed by atoms with Crippen LogP contribution in [0.1, 0.15) is 43.7 Å². The van der Waals surface area contributed by atoms with Crippen molar-refractivity contribution in [1.29, 1.82) is 0 Å². The van der Waals surface area contributed by atoms with Gasteiger partial charge in [-0.3, -0.25) is 0 Å². The van der Waals surface area contributed by atoms with Gasteiger partial charge in [0, 0.05) is 0 Å². The molecule has 0 bridgehead atoms. The van der Waals surface area contributed by atoms with Gasteiger partial charge in [-0.2, -0.15) is 0 Å². The van der Waals surface area contributed by atoms with Gasteiger partial charge in [0.25, 0.3) is 0 Å². The number of aromatic nitrogens is 2. The average Bonchev–Trinajstić information content (AvgIpc) is 3.03. The Morgan fingerprint density at radius 3 is 2.78 bits per heavy atom. The summed E-state index contributed by atoms with van der Waals surface area (Å²) in [5.74, 6) is 0.805. The van der Waals surface area contributed by atoms with Gasteiger partial charge in [-0.25, -0.2) is 0 Å². The van der Waals surface area contributed by atoms with Crippen LogP contribution in [0.25, 0.3) is 0 Å². The Morgan fingerprint density at radius 1 is 1.22 bits per heavy atom. The number of halogens is 1. The number of nitrogens with one attached hydrogen (secondary N) is 2. The Bertz CT molecular complexity index is 956. The predicted molar refractivity (Wildman–Crippen MR) is 131 cm³/mol. The van der Waals surface area contributed by atoms with E-state index in [-0.39, 0.29) is 27.6 Å². The normalized spacial score (nSPS) is 21.8. The first kappa shape index (κ1) is 23.5. The number of amides is 1. The maximum absolute atomic E-state index is 12.4. The molecule has 171 valence electrons. The molecule has 1 aliphatic carbocycles. The number of fused-ring (bicyclic) bond motifs is 1. The molecule has 1 aromatic heterocycles. The van der Waals surface area contributed by atoms with Crippen molar-refractivity contribution in [3.05, 3.63) is 40.5 Å². The zero-order chi connectivity index (χ0) is 22.5. The molecule has 1 amide bonds. The molecule has 2 aliphatic rings. The van der Waals surface area contributed by atoms with Crippen LogP contribution in [0, 0.1) is 5.92 Å². The van der Waals surface area contributed by atoms with Crippen LogP contribution in [0.5, 0.6) is 0 Å². The van der Waals surface area contributed by atoms with E-state index in [1.165, 1.54) is 17.5 Å². The van der Waals surface area contributed by atoms with E-state index in [1.54, 1.807) is 13.2 Å². The summed E-state index contributed by atoms with van der Waals surface area (Å²) in [7, 11) is 1.73. The molecular formula is C24H32AsClN5O. The molecule has 2 N–H and O–H groups in total. The molecule has 2 heterocycles. The standard InChI is InChI=1S/C24H32AsClN5O/c1-3-31-12-10-16-8-9-18(14-17(16)11-13-31)29-24-28-15-21(26)22(30-24)25-20-7-5-4-6-19(20)23(32)27-2/h8-9,14-15,19-20H,3-7,10-13H2,1-2H3,(H,27,32)(H,28,29,30)/t19-,20+/m1/s1. The number of benzene rings is 1. The van der Waals surface area contributed by atoms with Crippen molar-refractivity contribution in [2.24, 2.45) is 5.92 Å². The van der Waals surface area contributed by atoms with Gasteiger partial charge in [0.1, 0.15) is 0 Å². The van der Waals surface area contributed by atoms with Gasteiger partial charge in [-0.05, 0) is 0 Å². The van der Waals surface area contributed by atoms with E-state index in [0.29, 0.717) is 15.7 Å². The molecule has 1 saturated carbocycles. The quantitative estimate of drug-likeness (QED) is 0.576. The number of anilines is 2. The summed E-state index contributed by atoms with van der Waals surface area (Å²) in [5.41, 5.74) is 3.85. The molecule has 1 radical (unpaired) electrons. The summed E-state index contributed by atoms with van der Waals surface area (Å²) in [6, 6.07) is 6.59. The van der Waals surface area contributed by atoms with E-state index in [2.05, 4.69) is 45.6 Å². The summed E-state index contributed by atoms with van der Waals surface area (Å²) in [6.45, 7) is 5.56. The van der Waals surface area contributed by atoms with Crippen molar-refractivity contribution in [3.8, 4) is 0 Å². The van der Waals surface area contributed by atoms with Crippen LogP contribution < -0.4 is 15.1 Å². The van der Waals surface area contributed by atoms with E-state index in [1.807, 2.05) is 0 Å². The summed E-state index contributed by atoms with van der Waals surface area (Å²) < 4.78 is 1.27. The van der Waals surface area contributed by atoms with Gasteiger partial charge in [0.05, 0.1) is 0 Å². The second kappa shape index (κ2) is 11.0. The van der Waals surface area contributed by atoms with E-state index >= 15 is 0 Å². The van der Waals surface area contributed by atoms with Gasteiger partial charge >= 0.3 is 203 Å². The molecule has 2 aromatic rings. The Hall–Kier alpha value is -1.62. The van der Waals surface area contributed by atoms with Crippen LogP contribution in [-0.4, -0.2) is 63.2 Å². The van der Waals surface area contributed by atoms with Crippen molar-refractivity contribution < 1.29 is 4.79 Å². The summed E-state index contributed by atoms with van der Waals surface area (Å²) in [4.78, 5) is 24.1. The molecule has 1 aromatic carbocycles. The Kier molecular flexibility index (Phi) is 8.09. The molecule has 0 unspecified atom stereocenters. The summed E-state index contributed by atoms with van der Waals surface area (Å²) in [6.07, 6.45) is 8.18. The van der Waals surface area contributed by atoms with Crippen molar-refractivity contribution in [2.75, 3.05) is 32.0 Å². The molecule has 1 aliphatic heterocycles. The first-order chi connectivity index (χ1) is 15.6. The molecule has 0 saturated heterocycles. The van der Waals surface area contributed by atoms with Crippen molar-refractivity contribution in [2.45, 2.75) is 50.2 Å². The molecule has 8 heteroatoms. The third kappa shape index (κ3) is 5.65. The van der Waals surface area contributed by atoms with Crippen LogP contribution in [-0.2, 0) is 17.6 Å². The van der Waals surface area contributed by atoms with Gasteiger partial charge in [-0.1, -0.05) is 0 Å². The second-order valence-corrected chi connectivity index (χ2v) is 11.8. The van der Waals surface area contributed by atoms with Crippen LogP contribution in [0.2, 0.25) is 9.73 Å². The molecular weight excluding hydrogens is 485 g/mol. The molecule has 0 spiro atoms. The maximum atomic E-state index is 12.4. The van der Waals surface area contributed by atoms with E-state index in [9.17, 15) is 4.79 Å². The minimum atomic E-state index is -0.321. The van der Waals surface area contributed by atoms with Gasteiger partial charge < -0.3 is 0 Å². The average molecular weight is 517 g/mol. The van der Waals surface area contributed by atoms with Gasteiger partial charge in [0.15, 0.2) is 0 Å². The fourth-order valence-corrected chi connectivity index (χ4v) is 8.05. The summed E-state index contributed by atoms with van der Waals surface area (Å²) in [5, 5.41) is 6.84. The first-order valence-electron chi connectivity index (χ1n) is 11.6. The van der Waals surface area contributed by atoms with E-state index in [4.69, 9.17) is 16.6 Å². The Labute approximate surface area is 202 Å². The van der Waals surface area contributed by atoms with E-state index in [0.717, 1.165) is 61.9 Å². The number of nitrogens with zero attached hydrogens (tertiary/aromatic N) is 3. The van der Waals surface area contributed by atoms with Crippen LogP contribution in [0.15, 0.2) is 24.4 Å². The molecule has 32 heavy (non-hydrogen) atoms. The monoisotopic (exact) mass is 516 g/mol. The number of carbonyl (C=O) groups excluding carboxylic acids is 1. The zero-order valence-corrected chi connectivity index (χ0v) is 21.5. The third-order valence-electron chi connectivity index (χ3n) is 6.63. The Morgan fingerprint density at radius 2 is 2.00 bits per heavy atom. The fourth-order valence-electron chi connectivity index (χ4n) is 4.72. The third-order valence-corrected chi connectivity index (χ3v) is 10.4. The number of carbonyl (C=O) groups is 1. The summed E-state index contributed by atoms with van der Waals surface area (Å²) >= 11 is 6.16. The fraction of sp³-hybridized carbons (Fsp3) is 0.542. The van der Waals surface area contributed by atoms with Crippen molar-refractivity contribution >= 4 is 49.4 Å². The van der Waals surface area contributed by atoms with Crippen LogP contribution in [0.3, 0.4) is 0 Å². The topological polar surface area (TPSA) is 70.2 Å². The first-order valence-corrected chi connectivity index (χ1v) is 14.0. The van der Waals surface area contributed by atoms with Crippen molar-refractivity contribution in [3.63, 3.8) is 0 Å². The number of hydrogen-bond acceptors (Lipinski definition) is 5. The number of rotatable bonds is 6. The molecule has 2 atom stereocenters. The van der Waals surface area contributed by atoms with Gasteiger partial charge in [0.2, 0.25) is 0 Å². The predicted octanol–water partition coefficient (Wildman–Crippen LogP) is 3.35. The molecule has 6 nitrogen and oxygen atoms in total. The molecule has 4 rings (SSSR count). The van der Waals surface area contributed by atoms with Crippen LogP contribution in [0.4, 0.5) is 11.6 Å². The number of likely N-dealkylation sites (N-methyl/N-ethyl adjacent to an activating group) is 1.